The van der Waals surface area contributed by atoms with Crippen LogP contribution in [0.3, 0.4) is 0 Å². The van der Waals surface area contributed by atoms with Crippen molar-refractivity contribution in [3.8, 4) is 0 Å². The summed E-state index contributed by atoms with van der Waals surface area (Å²) in [5, 5.41) is 0. The smallest absolute Gasteiger partial charge is 0.291 e. The van der Waals surface area contributed by atoms with Gasteiger partial charge in [0.2, 0.25) is 5.76 Å². The Hall–Kier alpha value is -2.95. The lowest BCUT2D eigenvalue weighted by molar-refractivity contribution is 0.0671. The molecule has 2 aromatic heterocycles. The Labute approximate surface area is 171 Å². The monoisotopic (exact) mass is 389 g/mol. The molecule has 1 aromatic carbocycles. The van der Waals surface area contributed by atoms with Gasteiger partial charge in [0.15, 0.2) is 5.89 Å². The number of hydrogen-bond acceptors (Lipinski definition) is 4. The molecule has 29 heavy (non-hydrogen) atoms. The van der Waals surface area contributed by atoms with Crippen LogP contribution in [-0.4, -0.2) is 33.9 Å². The summed E-state index contributed by atoms with van der Waals surface area (Å²) in [7, 11) is 0. The number of rotatable bonds is 4. The normalized spacial score (nSPS) is 16.8. The molecule has 1 fully saturated rings. The molecule has 1 amide bonds. The number of likely N-dealkylation sites (tertiary alicyclic amines) is 1. The standard InChI is InChI=1S/C24H27N3O2/c1-16-6-4-7-19(12-16)13-20-9-10-22(25-14-20)21-8-5-11-27(15-21)24(28)23-17(2)26-18(3)29-23/h4,6-7,9-10,12,14,21H,5,8,11,13,15H2,1-3H3/t21-/m0/s1. The fourth-order valence-corrected chi connectivity index (χ4v) is 4.12. The SMILES string of the molecule is Cc1cccc(Cc2ccc([C@H]3CCCN(C(=O)c4oc(C)nc4C)C3)nc2)c1. The summed E-state index contributed by atoms with van der Waals surface area (Å²) in [5.41, 5.74) is 5.49. The largest absolute Gasteiger partial charge is 0.436 e. The molecule has 3 aromatic rings. The van der Waals surface area contributed by atoms with E-state index in [-0.39, 0.29) is 11.8 Å². The van der Waals surface area contributed by atoms with Crippen LogP contribution in [0.15, 0.2) is 47.0 Å². The zero-order valence-corrected chi connectivity index (χ0v) is 17.3. The number of piperidine rings is 1. The van der Waals surface area contributed by atoms with E-state index >= 15 is 0 Å². The van der Waals surface area contributed by atoms with Gasteiger partial charge in [0.05, 0.1) is 5.69 Å². The molecule has 3 heterocycles. The van der Waals surface area contributed by atoms with Crippen molar-refractivity contribution in [3.63, 3.8) is 0 Å². The van der Waals surface area contributed by atoms with Crippen molar-refractivity contribution in [2.45, 2.75) is 46.0 Å². The number of hydrogen-bond donors (Lipinski definition) is 0. The summed E-state index contributed by atoms with van der Waals surface area (Å²) in [6.45, 7) is 7.12. The predicted molar refractivity (Wildman–Crippen MR) is 112 cm³/mol. The molecule has 0 spiro atoms. The molecular formula is C24H27N3O2. The average Bonchev–Trinajstić information content (AvgIpc) is 3.06. The van der Waals surface area contributed by atoms with Crippen LogP contribution in [0, 0.1) is 20.8 Å². The van der Waals surface area contributed by atoms with Crippen LogP contribution in [0.25, 0.3) is 0 Å². The van der Waals surface area contributed by atoms with Crippen molar-refractivity contribution in [2.75, 3.05) is 13.1 Å². The first-order valence-corrected chi connectivity index (χ1v) is 10.2. The van der Waals surface area contributed by atoms with Crippen molar-refractivity contribution in [2.24, 2.45) is 0 Å². The van der Waals surface area contributed by atoms with E-state index in [1.54, 1.807) is 6.92 Å². The van der Waals surface area contributed by atoms with Gasteiger partial charge in [0.1, 0.15) is 0 Å². The molecule has 1 saturated heterocycles. The highest BCUT2D eigenvalue weighted by molar-refractivity contribution is 5.92. The van der Waals surface area contributed by atoms with Crippen LogP contribution in [-0.2, 0) is 6.42 Å². The second-order valence-corrected chi connectivity index (χ2v) is 7.99. The van der Waals surface area contributed by atoms with E-state index in [0.29, 0.717) is 23.9 Å². The topological polar surface area (TPSA) is 59.2 Å². The predicted octanol–water partition coefficient (Wildman–Crippen LogP) is 4.61. The number of aromatic nitrogens is 2. The molecule has 150 valence electrons. The molecule has 5 heteroatoms. The maximum atomic E-state index is 12.9. The number of carbonyl (C=O) groups excluding carboxylic acids is 1. The molecular weight excluding hydrogens is 362 g/mol. The quantitative estimate of drug-likeness (QED) is 0.654. The Morgan fingerprint density at radius 2 is 2.03 bits per heavy atom. The van der Waals surface area contributed by atoms with Crippen molar-refractivity contribution < 1.29 is 9.21 Å². The zero-order valence-electron chi connectivity index (χ0n) is 17.3. The highest BCUT2D eigenvalue weighted by Gasteiger charge is 2.29. The Bertz CT molecular complexity index is 1010. The maximum absolute atomic E-state index is 12.9. The van der Waals surface area contributed by atoms with E-state index in [4.69, 9.17) is 9.40 Å². The first-order valence-electron chi connectivity index (χ1n) is 10.2. The van der Waals surface area contributed by atoms with E-state index < -0.39 is 0 Å². The molecule has 0 unspecified atom stereocenters. The number of aryl methyl sites for hydroxylation is 3. The minimum absolute atomic E-state index is 0.0659. The molecule has 1 aliphatic heterocycles. The zero-order chi connectivity index (χ0) is 20.4. The van der Waals surface area contributed by atoms with Crippen LogP contribution >= 0.6 is 0 Å². The lowest BCUT2D eigenvalue weighted by Crippen LogP contribution is -2.39. The van der Waals surface area contributed by atoms with E-state index in [9.17, 15) is 4.79 Å². The molecule has 0 saturated carbocycles. The van der Waals surface area contributed by atoms with Crippen LogP contribution in [0.2, 0.25) is 0 Å². The first-order chi connectivity index (χ1) is 14.0. The number of nitrogens with zero attached hydrogens (tertiary/aromatic N) is 3. The number of benzene rings is 1. The highest BCUT2D eigenvalue weighted by atomic mass is 16.4. The summed E-state index contributed by atoms with van der Waals surface area (Å²) >= 11 is 0. The second-order valence-electron chi connectivity index (χ2n) is 7.99. The van der Waals surface area contributed by atoms with Crippen LogP contribution in [0.5, 0.6) is 0 Å². The second kappa shape index (κ2) is 8.19. The third kappa shape index (κ3) is 4.39. The van der Waals surface area contributed by atoms with Gasteiger partial charge >= 0.3 is 0 Å². The van der Waals surface area contributed by atoms with Crippen LogP contribution < -0.4 is 0 Å². The molecule has 5 nitrogen and oxygen atoms in total. The van der Waals surface area contributed by atoms with Gasteiger partial charge in [-0.05, 0) is 50.3 Å². The molecule has 0 radical (unpaired) electrons. The van der Waals surface area contributed by atoms with E-state index in [1.165, 1.54) is 16.7 Å². The van der Waals surface area contributed by atoms with Crippen molar-refractivity contribution >= 4 is 5.91 Å². The van der Waals surface area contributed by atoms with Crippen LogP contribution in [0.4, 0.5) is 0 Å². The fraction of sp³-hybridized carbons (Fsp3) is 0.375. The Morgan fingerprint density at radius 1 is 1.17 bits per heavy atom. The number of pyridine rings is 1. The summed E-state index contributed by atoms with van der Waals surface area (Å²) in [6.07, 6.45) is 4.87. The third-order valence-electron chi connectivity index (χ3n) is 5.56. The van der Waals surface area contributed by atoms with Gasteiger partial charge in [0, 0.05) is 37.8 Å². The Kier molecular flexibility index (Phi) is 5.47. The molecule has 0 aliphatic carbocycles. The highest BCUT2D eigenvalue weighted by Crippen LogP contribution is 2.27. The number of carbonyl (C=O) groups is 1. The van der Waals surface area contributed by atoms with Gasteiger partial charge in [-0.3, -0.25) is 9.78 Å². The third-order valence-corrected chi connectivity index (χ3v) is 5.56. The molecule has 0 N–H and O–H groups in total. The Morgan fingerprint density at radius 3 is 2.72 bits per heavy atom. The van der Waals surface area contributed by atoms with E-state index in [1.807, 2.05) is 18.0 Å². The average molecular weight is 389 g/mol. The molecule has 1 aliphatic rings. The molecule has 4 rings (SSSR count). The Balaban J connectivity index is 1.44. The van der Waals surface area contributed by atoms with Crippen molar-refractivity contribution in [1.29, 1.82) is 0 Å². The molecule has 1 atom stereocenters. The molecule has 0 bridgehead atoms. The first kappa shape index (κ1) is 19.4. The van der Waals surface area contributed by atoms with Gasteiger partial charge in [-0.15, -0.1) is 0 Å². The van der Waals surface area contributed by atoms with E-state index in [0.717, 1.165) is 31.5 Å². The van der Waals surface area contributed by atoms with Gasteiger partial charge in [-0.1, -0.05) is 35.9 Å². The maximum Gasteiger partial charge on any atom is 0.291 e. The lowest BCUT2D eigenvalue weighted by Gasteiger charge is -2.32. The van der Waals surface area contributed by atoms with E-state index in [2.05, 4.69) is 48.3 Å². The fourth-order valence-electron chi connectivity index (χ4n) is 4.12. The minimum Gasteiger partial charge on any atom is -0.436 e. The summed E-state index contributed by atoms with van der Waals surface area (Å²) < 4.78 is 5.53. The number of amides is 1. The number of oxazole rings is 1. The summed E-state index contributed by atoms with van der Waals surface area (Å²) in [5.74, 6) is 1.09. The van der Waals surface area contributed by atoms with Gasteiger partial charge in [0.25, 0.3) is 5.91 Å². The van der Waals surface area contributed by atoms with Gasteiger partial charge < -0.3 is 9.32 Å². The summed E-state index contributed by atoms with van der Waals surface area (Å²) in [4.78, 5) is 23.7. The van der Waals surface area contributed by atoms with Crippen molar-refractivity contribution in [1.82, 2.24) is 14.9 Å². The minimum atomic E-state index is -0.0659. The lowest BCUT2D eigenvalue weighted by atomic mass is 9.93. The van der Waals surface area contributed by atoms with Gasteiger partial charge in [-0.2, -0.15) is 0 Å². The van der Waals surface area contributed by atoms with Gasteiger partial charge in [-0.25, -0.2) is 4.98 Å². The van der Waals surface area contributed by atoms with Crippen LogP contribution in [0.1, 0.15) is 63.3 Å². The summed E-state index contributed by atoms with van der Waals surface area (Å²) in [6, 6.07) is 12.9. The van der Waals surface area contributed by atoms with Crippen molar-refractivity contribution in [3.05, 3.63) is 82.3 Å².